The van der Waals surface area contributed by atoms with Gasteiger partial charge >= 0.3 is 0 Å². The van der Waals surface area contributed by atoms with Gasteiger partial charge in [0.05, 0.1) is 0 Å². The molecule has 2 nitrogen and oxygen atoms in total. The largest absolute Gasteiger partial charge is 0.507 e. The number of hydrogen-bond acceptors (Lipinski definition) is 2. The fraction of sp³-hybridized carbons (Fsp3) is 0.368. The Labute approximate surface area is 126 Å². The lowest BCUT2D eigenvalue weighted by Crippen LogP contribution is -2.38. The van der Waals surface area contributed by atoms with E-state index in [0.717, 1.165) is 31.5 Å². The van der Waals surface area contributed by atoms with Crippen molar-refractivity contribution in [3.05, 3.63) is 52.6 Å². The zero-order chi connectivity index (χ0) is 14.6. The summed E-state index contributed by atoms with van der Waals surface area (Å²) in [7, 11) is 0. The molecule has 0 bridgehead atoms. The molecule has 0 fully saturated rings. The zero-order valence-corrected chi connectivity index (χ0v) is 12.7. The highest BCUT2D eigenvalue weighted by Gasteiger charge is 2.34. The van der Waals surface area contributed by atoms with Crippen molar-refractivity contribution >= 4 is 0 Å². The second-order valence-electron chi connectivity index (χ2n) is 6.30. The Kier molecular flexibility index (Phi) is 2.83. The molecule has 1 aliphatic carbocycles. The third-order valence-electron chi connectivity index (χ3n) is 5.07. The van der Waals surface area contributed by atoms with E-state index in [0.29, 0.717) is 11.8 Å². The summed E-state index contributed by atoms with van der Waals surface area (Å²) in [6, 6.07) is 11.0. The van der Waals surface area contributed by atoms with Gasteiger partial charge in [0.2, 0.25) is 0 Å². The van der Waals surface area contributed by atoms with Gasteiger partial charge in [-0.1, -0.05) is 36.8 Å². The number of phenols is 1. The van der Waals surface area contributed by atoms with Gasteiger partial charge in [-0.05, 0) is 54.6 Å². The molecule has 0 unspecified atom stereocenters. The van der Waals surface area contributed by atoms with E-state index in [1.165, 1.54) is 27.8 Å². The van der Waals surface area contributed by atoms with Crippen molar-refractivity contribution in [2.24, 2.45) is 0 Å². The van der Waals surface area contributed by atoms with E-state index in [2.05, 4.69) is 36.9 Å². The van der Waals surface area contributed by atoms with Gasteiger partial charge in [0.15, 0.2) is 0 Å². The molecule has 2 aromatic rings. The van der Waals surface area contributed by atoms with Crippen LogP contribution in [0.5, 0.6) is 5.75 Å². The van der Waals surface area contributed by atoms with Crippen LogP contribution in [0.1, 0.15) is 35.2 Å². The first kappa shape index (κ1) is 12.9. The summed E-state index contributed by atoms with van der Waals surface area (Å²) in [6.07, 6.45) is 2.14. The van der Waals surface area contributed by atoms with Crippen molar-refractivity contribution in [2.45, 2.75) is 32.7 Å². The summed E-state index contributed by atoms with van der Waals surface area (Å²) in [5.74, 6) is 0.423. The van der Waals surface area contributed by atoms with Crippen LogP contribution in [0, 0.1) is 6.92 Å². The molecule has 1 N–H and O–H groups in total. The summed E-state index contributed by atoms with van der Waals surface area (Å²) in [5.41, 5.74) is 7.84. The van der Waals surface area contributed by atoms with Crippen LogP contribution in [0.15, 0.2) is 30.3 Å². The van der Waals surface area contributed by atoms with Gasteiger partial charge in [0, 0.05) is 18.2 Å². The fourth-order valence-corrected chi connectivity index (χ4v) is 4.17. The van der Waals surface area contributed by atoms with Gasteiger partial charge in [0.25, 0.3) is 0 Å². The van der Waals surface area contributed by atoms with Crippen molar-refractivity contribution in [3.8, 4) is 16.9 Å². The molecule has 0 amide bonds. The maximum Gasteiger partial charge on any atom is 0.123 e. The first-order valence-electron chi connectivity index (χ1n) is 7.87. The predicted octanol–water partition coefficient (Wildman–Crippen LogP) is 3.84. The van der Waals surface area contributed by atoms with Crippen LogP contribution in [-0.2, 0) is 12.8 Å². The quantitative estimate of drug-likeness (QED) is 0.857. The molecule has 0 saturated carbocycles. The lowest BCUT2D eigenvalue weighted by atomic mass is 9.76. The Morgan fingerprint density at radius 3 is 2.90 bits per heavy atom. The maximum atomic E-state index is 10.4. The lowest BCUT2D eigenvalue weighted by molar-refractivity contribution is 0.192. The van der Waals surface area contributed by atoms with Crippen LogP contribution in [0.4, 0.5) is 0 Å². The van der Waals surface area contributed by atoms with Crippen LogP contribution < -0.4 is 0 Å². The third kappa shape index (κ3) is 1.82. The lowest BCUT2D eigenvalue weighted by Gasteiger charge is -2.41. The molecule has 2 heteroatoms. The van der Waals surface area contributed by atoms with Crippen LogP contribution >= 0.6 is 0 Å². The van der Waals surface area contributed by atoms with Crippen molar-refractivity contribution in [1.29, 1.82) is 0 Å². The first-order valence-corrected chi connectivity index (χ1v) is 7.87. The molecule has 0 spiro atoms. The van der Waals surface area contributed by atoms with Crippen LogP contribution in [0.2, 0.25) is 0 Å². The van der Waals surface area contributed by atoms with Crippen molar-refractivity contribution in [1.82, 2.24) is 4.90 Å². The molecule has 1 atom stereocenters. The fourth-order valence-electron chi connectivity index (χ4n) is 4.17. The molecule has 4 rings (SSSR count). The van der Waals surface area contributed by atoms with Gasteiger partial charge in [-0.15, -0.1) is 0 Å². The molecule has 1 aliphatic heterocycles. The van der Waals surface area contributed by atoms with E-state index in [1.54, 1.807) is 0 Å². The normalized spacial score (nSPS) is 20.0. The number of benzene rings is 2. The number of aryl methyl sites for hydroxylation is 1. The molecule has 0 radical (unpaired) electrons. The van der Waals surface area contributed by atoms with Gasteiger partial charge in [-0.2, -0.15) is 0 Å². The predicted molar refractivity (Wildman–Crippen MR) is 85.7 cm³/mol. The summed E-state index contributed by atoms with van der Waals surface area (Å²) in [4.78, 5) is 2.58. The van der Waals surface area contributed by atoms with Gasteiger partial charge in [-0.25, -0.2) is 0 Å². The highest BCUT2D eigenvalue weighted by Crippen LogP contribution is 2.48. The van der Waals surface area contributed by atoms with E-state index in [1.807, 2.05) is 12.1 Å². The van der Waals surface area contributed by atoms with E-state index in [4.69, 9.17) is 0 Å². The Morgan fingerprint density at radius 2 is 2.10 bits per heavy atom. The Hall–Kier alpha value is -1.80. The summed E-state index contributed by atoms with van der Waals surface area (Å²) in [5, 5.41) is 10.4. The monoisotopic (exact) mass is 279 g/mol. The Bertz CT molecular complexity index is 720. The van der Waals surface area contributed by atoms with Crippen molar-refractivity contribution in [2.75, 3.05) is 13.1 Å². The van der Waals surface area contributed by atoms with Gasteiger partial charge in [-0.3, -0.25) is 4.90 Å². The van der Waals surface area contributed by atoms with E-state index in [9.17, 15) is 5.11 Å². The van der Waals surface area contributed by atoms with Gasteiger partial charge in [0.1, 0.15) is 5.75 Å². The molecular weight excluding hydrogens is 258 g/mol. The van der Waals surface area contributed by atoms with E-state index in [-0.39, 0.29) is 0 Å². The molecule has 1 heterocycles. The maximum absolute atomic E-state index is 10.4. The zero-order valence-electron chi connectivity index (χ0n) is 12.7. The molecule has 2 aromatic carbocycles. The van der Waals surface area contributed by atoms with Crippen LogP contribution in [0.25, 0.3) is 11.1 Å². The summed E-state index contributed by atoms with van der Waals surface area (Å²) in [6.45, 7) is 6.64. The number of aromatic hydroxyl groups is 1. The standard InChI is InChI=1S/C19H21NO/c1-3-20-8-7-14-9-12(2)10-15-18(14)16(20)11-13-5-4-6-17(21)19(13)15/h4-6,9-10,16,21H,3,7-8,11H2,1-2H3/t16-/m1/s1. The smallest absolute Gasteiger partial charge is 0.123 e. The summed E-state index contributed by atoms with van der Waals surface area (Å²) < 4.78 is 0. The van der Waals surface area contributed by atoms with E-state index < -0.39 is 0 Å². The molecule has 2 aliphatic rings. The number of phenolic OH excluding ortho intramolecular Hbond substituents is 1. The Morgan fingerprint density at radius 1 is 1.24 bits per heavy atom. The number of likely N-dealkylation sites (N-methyl/N-ethyl adjacent to an activating group) is 1. The molecule has 0 aromatic heterocycles. The minimum Gasteiger partial charge on any atom is -0.507 e. The minimum atomic E-state index is 0.423. The molecule has 21 heavy (non-hydrogen) atoms. The average molecular weight is 279 g/mol. The second kappa shape index (κ2) is 4.60. The number of rotatable bonds is 1. The van der Waals surface area contributed by atoms with Crippen LogP contribution in [-0.4, -0.2) is 23.1 Å². The highest BCUT2D eigenvalue weighted by molar-refractivity contribution is 5.80. The second-order valence-corrected chi connectivity index (χ2v) is 6.30. The number of fused-ring (bicyclic) bond motifs is 2. The minimum absolute atomic E-state index is 0.423. The number of nitrogens with zero attached hydrogens (tertiary/aromatic N) is 1. The molecular formula is C19H21NO. The third-order valence-corrected chi connectivity index (χ3v) is 5.07. The number of hydrogen-bond donors (Lipinski definition) is 1. The highest BCUT2D eigenvalue weighted by atomic mass is 16.3. The molecule has 0 saturated heterocycles. The van der Waals surface area contributed by atoms with Crippen molar-refractivity contribution < 1.29 is 5.11 Å². The average Bonchev–Trinajstić information content (AvgIpc) is 2.47. The molecule has 108 valence electrons. The van der Waals surface area contributed by atoms with Crippen LogP contribution in [0.3, 0.4) is 0 Å². The van der Waals surface area contributed by atoms with E-state index >= 15 is 0 Å². The van der Waals surface area contributed by atoms with Crippen molar-refractivity contribution in [3.63, 3.8) is 0 Å². The topological polar surface area (TPSA) is 23.5 Å². The van der Waals surface area contributed by atoms with Gasteiger partial charge < -0.3 is 5.11 Å². The first-order chi connectivity index (χ1) is 10.2. The SMILES string of the molecule is CCN1CCc2cc(C)cc3c2[C@H]1Cc1cccc(O)c1-3. The Balaban J connectivity index is 2.03. The summed E-state index contributed by atoms with van der Waals surface area (Å²) >= 11 is 0.